The van der Waals surface area contributed by atoms with E-state index in [1.807, 2.05) is 41.4 Å². The smallest absolute Gasteiger partial charge is 0.227 e. The summed E-state index contributed by atoms with van der Waals surface area (Å²) in [4.78, 5) is 26.0. The summed E-state index contributed by atoms with van der Waals surface area (Å²) in [5.41, 5.74) is 2.03. The molecule has 2 aromatic rings. The summed E-state index contributed by atoms with van der Waals surface area (Å²) in [6.45, 7) is 6.86. The molecule has 1 aromatic heterocycles. The first-order valence-electron chi connectivity index (χ1n) is 10.4. The molecule has 0 atom stereocenters. The number of anilines is 2. The predicted octanol–water partition coefficient (Wildman–Crippen LogP) is 3.19. The number of nitrogens with one attached hydrogen (secondary N) is 1. The van der Waals surface area contributed by atoms with Gasteiger partial charge in [0.15, 0.2) is 0 Å². The zero-order chi connectivity index (χ0) is 19.3. The molecule has 1 amide bonds. The third-order valence-corrected chi connectivity index (χ3v) is 5.90. The van der Waals surface area contributed by atoms with E-state index in [0.717, 1.165) is 55.6 Å². The van der Waals surface area contributed by atoms with Crippen molar-refractivity contribution in [1.29, 1.82) is 0 Å². The predicted molar refractivity (Wildman–Crippen MR) is 111 cm³/mol. The van der Waals surface area contributed by atoms with Crippen molar-refractivity contribution in [3.63, 3.8) is 0 Å². The molecular weight excluding hydrogens is 350 g/mol. The lowest BCUT2D eigenvalue weighted by molar-refractivity contribution is -0.132. The van der Waals surface area contributed by atoms with Crippen LogP contribution in [-0.4, -0.2) is 58.4 Å². The minimum atomic E-state index is 0.220. The molecule has 148 valence electrons. The highest BCUT2D eigenvalue weighted by molar-refractivity contribution is 5.79. The first-order chi connectivity index (χ1) is 13.7. The first-order valence-corrected chi connectivity index (χ1v) is 10.4. The van der Waals surface area contributed by atoms with E-state index in [-0.39, 0.29) is 5.91 Å². The van der Waals surface area contributed by atoms with E-state index in [9.17, 15) is 4.79 Å². The zero-order valence-electron chi connectivity index (χ0n) is 16.6. The number of rotatable bonds is 6. The Balaban J connectivity index is 1.32. The Bertz CT molecular complexity index is 795. The molecule has 6 nitrogen and oxygen atoms in total. The molecule has 1 aliphatic heterocycles. The lowest BCUT2D eigenvalue weighted by Crippen LogP contribution is -2.48. The molecule has 1 aliphatic carbocycles. The van der Waals surface area contributed by atoms with Gasteiger partial charge in [0, 0.05) is 44.0 Å². The third-order valence-electron chi connectivity index (χ3n) is 5.90. The molecule has 0 unspecified atom stereocenters. The van der Waals surface area contributed by atoms with Crippen molar-refractivity contribution in [1.82, 2.24) is 19.8 Å². The average molecular weight is 380 g/mol. The second-order valence-electron chi connectivity index (χ2n) is 7.74. The summed E-state index contributed by atoms with van der Waals surface area (Å²) in [6.07, 6.45) is 5.96. The topological polar surface area (TPSA) is 61.4 Å². The fourth-order valence-corrected chi connectivity index (χ4v) is 3.76. The van der Waals surface area contributed by atoms with Gasteiger partial charge in [0.1, 0.15) is 11.6 Å². The van der Waals surface area contributed by atoms with Gasteiger partial charge in [0.05, 0.1) is 6.42 Å². The number of piperazine rings is 1. The van der Waals surface area contributed by atoms with E-state index in [1.54, 1.807) is 0 Å². The maximum atomic E-state index is 12.5. The Hall–Kier alpha value is -2.47. The second kappa shape index (κ2) is 8.69. The standard InChI is InChI=1S/C22H29N5O/c1-2-26-12-14-27(15-13-26)21(28)16-17-6-8-19(9-7-17)24-20-10-11-23-22(25-20)18-4-3-5-18/h6-11,18H,2-5,12-16H2,1H3,(H,23,24,25). The van der Waals surface area contributed by atoms with Crippen molar-refractivity contribution in [2.75, 3.05) is 38.0 Å². The fourth-order valence-electron chi connectivity index (χ4n) is 3.76. The van der Waals surface area contributed by atoms with Gasteiger partial charge >= 0.3 is 0 Å². The van der Waals surface area contributed by atoms with Crippen molar-refractivity contribution in [3.05, 3.63) is 47.9 Å². The molecule has 2 fully saturated rings. The van der Waals surface area contributed by atoms with Crippen LogP contribution >= 0.6 is 0 Å². The van der Waals surface area contributed by atoms with E-state index in [2.05, 4.69) is 27.1 Å². The minimum Gasteiger partial charge on any atom is -0.340 e. The molecule has 0 radical (unpaired) electrons. The van der Waals surface area contributed by atoms with Crippen molar-refractivity contribution >= 4 is 17.4 Å². The van der Waals surface area contributed by atoms with Gasteiger partial charge in [0.2, 0.25) is 5.91 Å². The van der Waals surface area contributed by atoms with Crippen LogP contribution in [0.25, 0.3) is 0 Å². The number of nitrogens with zero attached hydrogens (tertiary/aromatic N) is 4. The molecule has 28 heavy (non-hydrogen) atoms. The van der Waals surface area contributed by atoms with E-state index in [1.165, 1.54) is 19.3 Å². The average Bonchev–Trinajstić information content (AvgIpc) is 2.68. The van der Waals surface area contributed by atoms with Gasteiger partial charge in [-0.25, -0.2) is 9.97 Å². The highest BCUT2D eigenvalue weighted by Crippen LogP contribution is 2.34. The molecule has 2 aliphatic rings. The van der Waals surface area contributed by atoms with Gasteiger partial charge in [-0.3, -0.25) is 4.79 Å². The van der Waals surface area contributed by atoms with Crippen LogP contribution in [0.4, 0.5) is 11.5 Å². The highest BCUT2D eigenvalue weighted by Gasteiger charge is 2.22. The summed E-state index contributed by atoms with van der Waals surface area (Å²) in [5, 5.41) is 3.35. The lowest BCUT2D eigenvalue weighted by Gasteiger charge is -2.34. The number of benzene rings is 1. The van der Waals surface area contributed by atoms with E-state index in [4.69, 9.17) is 0 Å². The summed E-state index contributed by atoms with van der Waals surface area (Å²) < 4.78 is 0. The SMILES string of the molecule is CCN1CCN(C(=O)Cc2ccc(Nc3ccnc(C4CCC4)n3)cc2)CC1. The van der Waals surface area contributed by atoms with Crippen molar-refractivity contribution in [2.45, 2.75) is 38.5 Å². The van der Waals surface area contributed by atoms with Gasteiger partial charge in [-0.1, -0.05) is 25.5 Å². The molecule has 0 bridgehead atoms. The van der Waals surface area contributed by atoms with Crippen LogP contribution in [0.15, 0.2) is 36.5 Å². The first kappa shape index (κ1) is 18.9. The van der Waals surface area contributed by atoms with Crippen LogP contribution in [0.1, 0.15) is 43.5 Å². The van der Waals surface area contributed by atoms with Gasteiger partial charge in [0.25, 0.3) is 0 Å². The largest absolute Gasteiger partial charge is 0.340 e. The summed E-state index contributed by atoms with van der Waals surface area (Å²) in [6, 6.07) is 9.98. The number of carbonyl (C=O) groups is 1. The Morgan fingerprint density at radius 2 is 1.86 bits per heavy atom. The molecular formula is C22H29N5O. The van der Waals surface area contributed by atoms with Crippen molar-refractivity contribution in [3.8, 4) is 0 Å². The van der Waals surface area contributed by atoms with Crippen LogP contribution in [0.2, 0.25) is 0 Å². The number of hydrogen-bond donors (Lipinski definition) is 1. The normalized spacial score (nSPS) is 18.0. The summed E-state index contributed by atoms with van der Waals surface area (Å²) in [7, 11) is 0. The van der Waals surface area contributed by atoms with Crippen LogP contribution in [0.3, 0.4) is 0 Å². The highest BCUT2D eigenvalue weighted by atomic mass is 16.2. The van der Waals surface area contributed by atoms with Gasteiger partial charge < -0.3 is 15.1 Å². The molecule has 4 rings (SSSR count). The minimum absolute atomic E-state index is 0.220. The van der Waals surface area contributed by atoms with Gasteiger partial charge in [-0.15, -0.1) is 0 Å². The molecule has 2 heterocycles. The number of likely N-dealkylation sites (N-methyl/N-ethyl adjacent to an activating group) is 1. The van der Waals surface area contributed by atoms with Crippen molar-refractivity contribution in [2.24, 2.45) is 0 Å². The second-order valence-corrected chi connectivity index (χ2v) is 7.74. The zero-order valence-corrected chi connectivity index (χ0v) is 16.6. The van der Waals surface area contributed by atoms with Crippen LogP contribution in [0, 0.1) is 0 Å². The third kappa shape index (κ3) is 4.50. The van der Waals surface area contributed by atoms with Crippen LogP contribution in [0.5, 0.6) is 0 Å². The Labute approximate surface area is 167 Å². The molecule has 1 saturated heterocycles. The Morgan fingerprint density at radius 1 is 1.11 bits per heavy atom. The monoisotopic (exact) mass is 379 g/mol. The lowest BCUT2D eigenvalue weighted by atomic mass is 9.85. The van der Waals surface area contributed by atoms with Crippen molar-refractivity contribution < 1.29 is 4.79 Å². The number of carbonyl (C=O) groups excluding carboxylic acids is 1. The number of aromatic nitrogens is 2. The Morgan fingerprint density at radius 3 is 2.50 bits per heavy atom. The molecule has 0 spiro atoms. The van der Waals surface area contributed by atoms with Gasteiger partial charge in [-0.05, 0) is 43.1 Å². The van der Waals surface area contributed by atoms with E-state index >= 15 is 0 Å². The maximum Gasteiger partial charge on any atom is 0.227 e. The number of amides is 1. The maximum absolute atomic E-state index is 12.5. The van der Waals surface area contributed by atoms with Crippen LogP contribution in [-0.2, 0) is 11.2 Å². The summed E-state index contributed by atoms with van der Waals surface area (Å²) >= 11 is 0. The van der Waals surface area contributed by atoms with Gasteiger partial charge in [-0.2, -0.15) is 0 Å². The fraction of sp³-hybridized carbons (Fsp3) is 0.500. The molecule has 1 saturated carbocycles. The molecule has 1 N–H and O–H groups in total. The molecule has 1 aromatic carbocycles. The van der Waals surface area contributed by atoms with E-state index < -0.39 is 0 Å². The summed E-state index contributed by atoms with van der Waals surface area (Å²) in [5.74, 6) is 2.52. The van der Waals surface area contributed by atoms with E-state index in [0.29, 0.717) is 12.3 Å². The number of hydrogen-bond acceptors (Lipinski definition) is 5. The molecule has 6 heteroatoms. The Kier molecular flexibility index (Phi) is 5.86. The van der Waals surface area contributed by atoms with Crippen LogP contribution < -0.4 is 5.32 Å². The quantitative estimate of drug-likeness (QED) is 0.835.